The van der Waals surface area contributed by atoms with Crippen molar-refractivity contribution in [1.82, 2.24) is 0 Å². The fourth-order valence-corrected chi connectivity index (χ4v) is 7.10. The molecule has 1 heterocycles. The number of esters is 1. The largest absolute Gasteiger partial charge is 0.457 e. The van der Waals surface area contributed by atoms with E-state index in [2.05, 4.69) is 30.2 Å². The van der Waals surface area contributed by atoms with E-state index in [0.717, 1.165) is 57.8 Å². The van der Waals surface area contributed by atoms with Crippen LogP contribution in [0.5, 0.6) is 0 Å². The fourth-order valence-electron chi connectivity index (χ4n) is 6.59. The molecule has 4 N–H and O–H groups in total. The molecule has 0 aliphatic carbocycles. The van der Waals surface area contributed by atoms with Crippen molar-refractivity contribution in [2.45, 2.75) is 218 Å². The lowest BCUT2D eigenvalue weighted by atomic mass is 9.99. The molecule has 1 rings (SSSR count). The maximum absolute atomic E-state index is 12.8. The van der Waals surface area contributed by atoms with Crippen LogP contribution in [0.4, 0.5) is 0 Å². The molecule has 6 atom stereocenters. The topological polar surface area (TPSA) is 178 Å². The molecule has 1 aliphatic heterocycles. The van der Waals surface area contributed by atoms with Gasteiger partial charge >= 0.3 is 16.4 Å². The summed E-state index contributed by atoms with van der Waals surface area (Å²) < 4.78 is 58.9. The summed E-state index contributed by atoms with van der Waals surface area (Å²) in [5.74, 6) is -0.408. The Morgan fingerprint density at radius 3 is 1.72 bits per heavy atom. The Hall–Kier alpha value is -1.16. The molecule has 0 saturated carbocycles. The molecule has 54 heavy (non-hydrogen) atoms. The van der Waals surface area contributed by atoms with Crippen molar-refractivity contribution < 1.29 is 56.2 Å². The summed E-state index contributed by atoms with van der Waals surface area (Å²) in [6.07, 6.45) is 25.4. The third-order valence-corrected chi connectivity index (χ3v) is 10.4. The summed E-state index contributed by atoms with van der Waals surface area (Å²) in [7, 11) is -5.05. The normalized spacial score (nSPS) is 21.2. The third kappa shape index (κ3) is 27.4. The minimum absolute atomic E-state index is 0.0378. The van der Waals surface area contributed by atoms with Gasteiger partial charge in [0.15, 0.2) is 6.29 Å². The Kier molecular flexibility index (Phi) is 32.0. The molecule has 1 fully saturated rings. The Morgan fingerprint density at radius 2 is 1.19 bits per heavy atom. The molecule has 320 valence electrons. The van der Waals surface area contributed by atoms with Crippen LogP contribution in [-0.2, 0) is 38.3 Å². The minimum atomic E-state index is -5.05. The lowest BCUT2D eigenvalue weighted by Crippen LogP contribution is -2.60. The lowest BCUT2D eigenvalue weighted by Gasteiger charge is -2.41. The van der Waals surface area contributed by atoms with Crippen LogP contribution < -0.4 is 0 Å². The highest BCUT2D eigenvalue weighted by Gasteiger charge is 2.48. The van der Waals surface area contributed by atoms with Gasteiger partial charge < -0.3 is 34.3 Å². The van der Waals surface area contributed by atoms with Crippen molar-refractivity contribution in [3.05, 3.63) is 12.2 Å². The summed E-state index contributed by atoms with van der Waals surface area (Å²) in [6, 6.07) is 0. The number of hydrogen-bond donors (Lipinski definition) is 4. The molecule has 0 aromatic carbocycles. The van der Waals surface area contributed by atoms with Crippen molar-refractivity contribution in [2.24, 2.45) is 0 Å². The smallest absolute Gasteiger partial charge is 0.397 e. The van der Waals surface area contributed by atoms with E-state index in [9.17, 15) is 28.5 Å². The molecular formula is C41H78O12S. The Morgan fingerprint density at radius 1 is 0.685 bits per heavy atom. The monoisotopic (exact) mass is 795 g/mol. The van der Waals surface area contributed by atoms with Crippen LogP contribution in [0, 0.1) is 0 Å². The number of aliphatic hydroxyl groups is 3. The highest BCUT2D eigenvalue weighted by Crippen LogP contribution is 2.26. The molecule has 0 aromatic rings. The van der Waals surface area contributed by atoms with Crippen LogP contribution in [0.2, 0.25) is 0 Å². The van der Waals surface area contributed by atoms with Gasteiger partial charge in [-0.3, -0.25) is 9.35 Å². The van der Waals surface area contributed by atoms with Crippen LogP contribution in [0.3, 0.4) is 0 Å². The summed E-state index contributed by atoms with van der Waals surface area (Å²) >= 11 is 0. The number of unbranched alkanes of at least 4 members (excludes halogenated alkanes) is 22. The molecule has 1 aliphatic rings. The van der Waals surface area contributed by atoms with E-state index in [1.54, 1.807) is 0 Å². The van der Waals surface area contributed by atoms with E-state index < -0.39 is 59.8 Å². The van der Waals surface area contributed by atoms with Gasteiger partial charge in [-0.05, 0) is 32.1 Å². The van der Waals surface area contributed by atoms with E-state index >= 15 is 0 Å². The van der Waals surface area contributed by atoms with Crippen molar-refractivity contribution in [3.63, 3.8) is 0 Å². The quantitative estimate of drug-likeness (QED) is 0.0205. The molecule has 0 amide bonds. The zero-order valence-electron chi connectivity index (χ0n) is 33.8. The zero-order chi connectivity index (χ0) is 39.7. The van der Waals surface area contributed by atoms with E-state index in [0.29, 0.717) is 13.0 Å². The molecule has 1 saturated heterocycles. The van der Waals surface area contributed by atoms with Crippen molar-refractivity contribution in [1.29, 1.82) is 0 Å². The Bertz CT molecular complexity index is 1010. The van der Waals surface area contributed by atoms with Gasteiger partial charge in [-0.15, -0.1) is 0 Å². The van der Waals surface area contributed by atoms with Crippen LogP contribution >= 0.6 is 0 Å². The highest BCUT2D eigenvalue weighted by atomic mass is 32.3. The number of carbonyl (C=O) groups is 1. The van der Waals surface area contributed by atoms with Gasteiger partial charge in [0.2, 0.25) is 0 Å². The van der Waals surface area contributed by atoms with Crippen molar-refractivity contribution in [2.75, 3.05) is 26.4 Å². The number of carbonyl (C=O) groups excluding carboxylic acids is 1. The second-order valence-electron chi connectivity index (χ2n) is 14.9. The van der Waals surface area contributed by atoms with Gasteiger partial charge in [0, 0.05) is 13.0 Å². The zero-order valence-corrected chi connectivity index (χ0v) is 34.6. The summed E-state index contributed by atoms with van der Waals surface area (Å²) in [4.78, 5) is 12.8. The van der Waals surface area contributed by atoms with Gasteiger partial charge in [-0.25, -0.2) is 4.18 Å². The molecule has 0 spiro atoms. The standard InChI is InChI=1S/C41H78O12S/c1-3-5-7-9-11-13-15-16-17-18-19-21-23-25-27-29-31-49-33-35(51-37(43)30-28-26-24-22-20-14-12-10-8-6-4-2)34-50-41-39(45)40(53-54(46,47)48)38(44)36(32-42)52-41/h10,12,35-36,38-42,44-45H,3-9,11,13-34H2,1-2H3,(H,46,47,48)/b12-10-. The first-order chi connectivity index (χ1) is 26.1. The molecule has 0 bridgehead atoms. The maximum atomic E-state index is 12.8. The van der Waals surface area contributed by atoms with E-state index in [1.807, 2.05) is 0 Å². The molecule has 13 heteroatoms. The minimum Gasteiger partial charge on any atom is -0.457 e. The predicted molar refractivity (Wildman–Crippen MR) is 211 cm³/mol. The first-order valence-corrected chi connectivity index (χ1v) is 22.8. The predicted octanol–water partition coefficient (Wildman–Crippen LogP) is 8.30. The second-order valence-corrected chi connectivity index (χ2v) is 16.0. The van der Waals surface area contributed by atoms with E-state index in [1.165, 1.54) is 96.3 Å². The average molecular weight is 795 g/mol. The van der Waals surface area contributed by atoms with Crippen LogP contribution in [0.25, 0.3) is 0 Å². The van der Waals surface area contributed by atoms with Gasteiger partial charge in [0.25, 0.3) is 0 Å². The maximum Gasteiger partial charge on any atom is 0.397 e. The third-order valence-electron chi connectivity index (χ3n) is 9.89. The Balaban J connectivity index is 2.44. The summed E-state index contributed by atoms with van der Waals surface area (Å²) in [5.41, 5.74) is 0. The first kappa shape index (κ1) is 50.9. The Labute approximate surface area is 328 Å². The molecule has 0 radical (unpaired) electrons. The van der Waals surface area contributed by atoms with Gasteiger partial charge in [-0.2, -0.15) is 8.42 Å². The number of ether oxygens (including phenoxy) is 4. The summed E-state index contributed by atoms with van der Waals surface area (Å²) in [5, 5.41) is 30.6. The second kappa shape index (κ2) is 33.9. The van der Waals surface area contributed by atoms with Crippen molar-refractivity contribution in [3.8, 4) is 0 Å². The SMILES string of the molecule is CCCC/C=C\CCCCCCCC(=O)OC(COCCCCCCCCCCCCCCCCCC)COC1OC(CO)C(O)C(OS(=O)(=O)O)C1O. The number of rotatable bonds is 37. The van der Waals surface area contributed by atoms with E-state index in [-0.39, 0.29) is 19.6 Å². The fraction of sp³-hybridized carbons (Fsp3) is 0.927. The average Bonchev–Trinajstić information content (AvgIpc) is 3.14. The van der Waals surface area contributed by atoms with E-state index in [4.69, 9.17) is 23.5 Å². The molecule has 6 unspecified atom stereocenters. The van der Waals surface area contributed by atoms with Gasteiger partial charge in [-0.1, -0.05) is 154 Å². The summed E-state index contributed by atoms with van der Waals surface area (Å²) in [6.45, 7) is 3.95. The molecular weight excluding hydrogens is 717 g/mol. The van der Waals surface area contributed by atoms with Crippen LogP contribution in [0.1, 0.15) is 181 Å². The molecule has 12 nitrogen and oxygen atoms in total. The van der Waals surface area contributed by atoms with Gasteiger partial charge in [0.05, 0.1) is 19.8 Å². The highest BCUT2D eigenvalue weighted by molar-refractivity contribution is 7.80. The number of hydrogen-bond acceptors (Lipinski definition) is 11. The number of allylic oxidation sites excluding steroid dienone is 2. The van der Waals surface area contributed by atoms with Gasteiger partial charge in [0.1, 0.15) is 30.5 Å². The van der Waals surface area contributed by atoms with Crippen LogP contribution in [0.15, 0.2) is 12.2 Å². The lowest BCUT2D eigenvalue weighted by molar-refractivity contribution is -0.301. The number of aliphatic hydroxyl groups excluding tert-OH is 3. The van der Waals surface area contributed by atoms with Crippen molar-refractivity contribution >= 4 is 16.4 Å². The first-order valence-electron chi connectivity index (χ1n) is 21.4. The molecule has 0 aromatic heterocycles. The van der Waals surface area contributed by atoms with Crippen LogP contribution in [-0.4, -0.2) is 97.5 Å².